The monoisotopic (exact) mass is 275 g/mol. The lowest BCUT2D eigenvalue weighted by molar-refractivity contribution is 0.409. The SMILES string of the molecule is CCc1cc(OC)c2occ(CCNC(C)(C)C)c2c1. The number of hydrogen-bond acceptors (Lipinski definition) is 3. The van der Waals surface area contributed by atoms with E-state index in [4.69, 9.17) is 9.15 Å². The third kappa shape index (κ3) is 3.34. The van der Waals surface area contributed by atoms with Crippen molar-refractivity contribution in [3.8, 4) is 5.75 Å². The van der Waals surface area contributed by atoms with Gasteiger partial charge in [-0.15, -0.1) is 0 Å². The van der Waals surface area contributed by atoms with Crippen LogP contribution in [0, 0.1) is 0 Å². The van der Waals surface area contributed by atoms with Gasteiger partial charge in [0, 0.05) is 10.9 Å². The smallest absolute Gasteiger partial charge is 0.175 e. The maximum Gasteiger partial charge on any atom is 0.175 e. The van der Waals surface area contributed by atoms with Crippen LogP contribution in [0.25, 0.3) is 11.0 Å². The number of furan rings is 1. The van der Waals surface area contributed by atoms with Gasteiger partial charge < -0.3 is 14.5 Å². The van der Waals surface area contributed by atoms with Crippen LogP contribution in [0.15, 0.2) is 22.8 Å². The number of methoxy groups -OCH3 is 1. The Balaban J connectivity index is 2.26. The number of fused-ring (bicyclic) bond motifs is 1. The van der Waals surface area contributed by atoms with E-state index in [1.807, 2.05) is 6.26 Å². The third-order valence-electron chi connectivity index (χ3n) is 3.46. The van der Waals surface area contributed by atoms with E-state index in [1.54, 1.807) is 7.11 Å². The molecular formula is C17H25NO2. The first-order valence-electron chi connectivity index (χ1n) is 7.26. The van der Waals surface area contributed by atoms with Gasteiger partial charge in [-0.3, -0.25) is 0 Å². The number of benzene rings is 1. The highest BCUT2D eigenvalue weighted by Crippen LogP contribution is 2.31. The van der Waals surface area contributed by atoms with Gasteiger partial charge in [0.1, 0.15) is 0 Å². The Morgan fingerprint density at radius 2 is 2.00 bits per heavy atom. The Kier molecular flexibility index (Phi) is 4.39. The van der Waals surface area contributed by atoms with E-state index in [0.717, 1.165) is 30.7 Å². The van der Waals surface area contributed by atoms with Crippen molar-refractivity contribution in [1.29, 1.82) is 0 Å². The highest BCUT2D eigenvalue weighted by molar-refractivity contribution is 5.87. The third-order valence-corrected chi connectivity index (χ3v) is 3.46. The first-order chi connectivity index (χ1) is 9.44. The molecule has 0 aliphatic rings. The molecule has 1 N–H and O–H groups in total. The van der Waals surface area contributed by atoms with Gasteiger partial charge in [0.25, 0.3) is 0 Å². The molecule has 20 heavy (non-hydrogen) atoms. The van der Waals surface area contributed by atoms with Gasteiger partial charge in [-0.1, -0.05) is 6.92 Å². The van der Waals surface area contributed by atoms with Crippen LogP contribution in [0.2, 0.25) is 0 Å². The van der Waals surface area contributed by atoms with Crippen molar-refractivity contribution in [2.75, 3.05) is 13.7 Å². The molecule has 2 rings (SSSR count). The average molecular weight is 275 g/mol. The van der Waals surface area contributed by atoms with E-state index in [-0.39, 0.29) is 5.54 Å². The molecule has 0 amide bonds. The second kappa shape index (κ2) is 5.88. The molecule has 0 aliphatic heterocycles. The molecule has 0 fully saturated rings. The Hall–Kier alpha value is -1.48. The summed E-state index contributed by atoms with van der Waals surface area (Å²) in [4.78, 5) is 0. The number of hydrogen-bond donors (Lipinski definition) is 1. The Morgan fingerprint density at radius 3 is 2.60 bits per heavy atom. The molecular weight excluding hydrogens is 250 g/mol. The summed E-state index contributed by atoms with van der Waals surface area (Å²) in [6, 6.07) is 4.27. The zero-order valence-electron chi connectivity index (χ0n) is 13.2. The molecule has 1 aromatic carbocycles. The minimum atomic E-state index is 0.145. The van der Waals surface area contributed by atoms with Crippen LogP contribution in [0.5, 0.6) is 5.75 Å². The number of ether oxygens (including phenoxy) is 1. The normalized spacial score (nSPS) is 12.1. The van der Waals surface area contributed by atoms with Crippen molar-refractivity contribution in [2.24, 2.45) is 0 Å². The molecule has 0 spiro atoms. The summed E-state index contributed by atoms with van der Waals surface area (Å²) in [7, 11) is 1.69. The molecule has 0 atom stereocenters. The fraction of sp³-hybridized carbons (Fsp3) is 0.529. The second-order valence-corrected chi connectivity index (χ2v) is 6.22. The lowest BCUT2D eigenvalue weighted by Crippen LogP contribution is -2.37. The van der Waals surface area contributed by atoms with Crippen LogP contribution in [-0.2, 0) is 12.8 Å². The van der Waals surface area contributed by atoms with Gasteiger partial charge in [-0.2, -0.15) is 0 Å². The molecule has 0 aliphatic carbocycles. The molecule has 1 heterocycles. The molecule has 3 nitrogen and oxygen atoms in total. The Bertz CT molecular complexity index is 578. The molecule has 0 saturated carbocycles. The molecule has 110 valence electrons. The van der Waals surface area contributed by atoms with Gasteiger partial charge in [-0.05, 0) is 63.4 Å². The lowest BCUT2D eigenvalue weighted by atomic mass is 10.0. The van der Waals surface area contributed by atoms with Crippen molar-refractivity contribution in [3.05, 3.63) is 29.5 Å². The fourth-order valence-electron chi connectivity index (χ4n) is 2.33. The molecule has 0 bridgehead atoms. The molecule has 0 saturated heterocycles. The predicted molar refractivity (Wildman–Crippen MR) is 83.6 cm³/mol. The molecule has 3 heteroatoms. The summed E-state index contributed by atoms with van der Waals surface area (Å²) < 4.78 is 11.1. The van der Waals surface area contributed by atoms with E-state index in [0.29, 0.717) is 0 Å². The van der Waals surface area contributed by atoms with Crippen molar-refractivity contribution in [2.45, 2.75) is 46.1 Å². The zero-order valence-corrected chi connectivity index (χ0v) is 13.2. The van der Waals surface area contributed by atoms with Gasteiger partial charge in [0.2, 0.25) is 0 Å². The van der Waals surface area contributed by atoms with Gasteiger partial charge >= 0.3 is 0 Å². The number of rotatable bonds is 5. The summed E-state index contributed by atoms with van der Waals surface area (Å²) in [5.41, 5.74) is 3.52. The summed E-state index contributed by atoms with van der Waals surface area (Å²) >= 11 is 0. The minimum Gasteiger partial charge on any atom is -0.493 e. The first-order valence-corrected chi connectivity index (χ1v) is 7.26. The lowest BCUT2D eigenvalue weighted by Gasteiger charge is -2.20. The molecule has 0 radical (unpaired) electrons. The topological polar surface area (TPSA) is 34.4 Å². The van der Waals surface area contributed by atoms with Gasteiger partial charge in [-0.25, -0.2) is 0 Å². The highest BCUT2D eigenvalue weighted by Gasteiger charge is 2.13. The van der Waals surface area contributed by atoms with Crippen LogP contribution < -0.4 is 10.1 Å². The van der Waals surface area contributed by atoms with Gasteiger partial charge in [0.05, 0.1) is 13.4 Å². The average Bonchev–Trinajstić information content (AvgIpc) is 2.79. The highest BCUT2D eigenvalue weighted by atomic mass is 16.5. The van der Waals surface area contributed by atoms with Gasteiger partial charge in [0.15, 0.2) is 11.3 Å². The zero-order chi connectivity index (χ0) is 14.8. The van der Waals surface area contributed by atoms with Crippen molar-refractivity contribution in [3.63, 3.8) is 0 Å². The number of nitrogens with one attached hydrogen (secondary N) is 1. The fourth-order valence-corrected chi connectivity index (χ4v) is 2.33. The van der Waals surface area contributed by atoms with Crippen LogP contribution >= 0.6 is 0 Å². The minimum absolute atomic E-state index is 0.145. The Labute approximate surface area is 121 Å². The second-order valence-electron chi connectivity index (χ2n) is 6.22. The van der Waals surface area contributed by atoms with Crippen molar-refractivity contribution in [1.82, 2.24) is 5.32 Å². The summed E-state index contributed by atoms with van der Waals surface area (Å²) in [6.45, 7) is 9.63. The Morgan fingerprint density at radius 1 is 1.25 bits per heavy atom. The summed E-state index contributed by atoms with van der Waals surface area (Å²) in [6.07, 6.45) is 3.81. The summed E-state index contributed by atoms with van der Waals surface area (Å²) in [5.74, 6) is 0.828. The molecule has 1 aromatic heterocycles. The van der Waals surface area contributed by atoms with E-state index >= 15 is 0 Å². The quantitative estimate of drug-likeness (QED) is 0.897. The van der Waals surface area contributed by atoms with Crippen molar-refractivity contribution < 1.29 is 9.15 Å². The standard InChI is InChI=1S/C17H25NO2/c1-6-12-9-14-13(7-8-18-17(2,3)4)11-20-16(14)15(10-12)19-5/h9-11,18H,6-8H2,1-5H3. The van der Waals surface area contributed by atoms with Crippen LogP contribution in [0.1, 0.15) is 38.8 Å². The summed E-state index contributed by atoms with van der Waals surface area (Å²) in [5, 5.41) is 4.69. The predicted octanol–water partition coefficient (Wildman–Crippen LogP) is 3.93. The van der Waals surface area contributed by atoms with E-state index < -0.39 is 0 Å². The van der Waals surface area contributed by atoms with Crippen LogP contribution in [-0.4, -0.2) is 19.2 Å². The van der Waals surface area contributed by atoms with E-state index in [1.165, 1.54) is 16.5 Å². The van der Waals surface area contributed by atoms with Crippen LogP contribution in [0.3, 0.4) is 0 Å². The molecule has 2 aromatic rings. The van der Waals surface area contributed by atoms with E-state index in [9.17, 15) is 0 Å². The molecule has 0 unspecified atom stereocenters. The largest absolute Gasteiger partial charge is 0.493 e. The van der Waals surface area contributed by atoms with Crippen molar-refractivity contribution >= 4 is 11.0 Å². The number of aryl methyl sites for hydroxylation is 1. The maximum atomic E-state index is 5.70. The van der Waals surface area contributed by atoms with Crippen LogP contribution in [0.4, 0.5) is 0 Å². The first kappa shape index (κ1) is 14.9. The maximum absolute atomic E-state index is 5.70. The van der Waals surface area contributed by atoms with E-state index in [2.05, 4.69) is 45.1 Å².